The summed E-state index contributed by atoms with van der Waals surface area (Å²) in [6.07, 6.45) is 1.69. The van der Waals surface area contributed by atoms with Gasteiger partial charge in [-0.3, -0.25) is 30.0 Å². The van der Waals surface area contributed by atoms with Gasteiger partial charge in [-0.15, -0.1) is 0 Å². The van der Waals surface area contributed by atoms with Crippen molar-refractivity contribution in [3.8, 4) is 17.6 Å². The minimum absolute atomic E-state index is 0.177. The topological polar surface area (TPSA) is 159 Å². The van der Waals surface area contributed by atoms with E-state index in [1.54, 1.807) is 37.3 Å². The van der Waals surface area contributed by atoms with E-state index in [1.165, 1.54) is 18.2 Å². The Morgan fingerprint density at radius 2 is 1.78 bits per heavy atom. The van der Waals surface area contributed by atoms with Gasteiger partial charge < -0.3 is 20.3 Å². The van der Waals surface area contributed by atoms with Gasteiger partial charge in [0.15, 0.2) is 5.54 Å². The van der Waals surface area contributed by atoms with Gasteiger partial charge in [-0.25, -0.2) is 9.59 Å². The Labute approximate surface area is 211 Å². The van der Waals surface area contributed by atoms with E-state index in [1.807, 2.05) is 0 Å². The minimum atomic E-state index is -1.68. The van der Waals surface area contributed by atoms with E-state index < -0.39 is 35.0 Å². The lowest BCUT2D eigenvalue weighted by molar-refractivity contribution is -0.124. The zero-order valence-corrected chi connectivity index (χ0v) is 19.9. The standard InChI is InChI=1S/C25H22N6O6/c1-3-25(21(34)28-23(36)30-25)18-7-4-14(11-26-18)8-9-24(20(33)27-22(35)29-24)13-31-12-15-5-6-16(37-2)10-17(15)19(31)32/h4-7,10-11H,3,12-13H2,1-2H3,(H2,27,29,33,35)(H2,28,30,34,36). The first-order chi connectivity index (χ1) is 17.7. The van der Waals surface area contributed by atoms with Crippen LogP contribution in [0.4, 0.5) is 9.59 Å². The molecule has 0 saturated carbocycles. The van der Waals surface area contributed by atoms with Gasteiger partial charge in [0.2, 0.25) is 5.54 Å². The van der Waals surface area contributed by atoms with Gasteiger partial charge >= 0.3 is 12.1 Å². The average Bonchev–Trinajstić information content (AvgIpc) is 3.47. The molecule has 4 heterocycles. The number of imide groups is 2. The zero-order valence-electron chi connectivity index (χ0n) is 19.9. The molecule has 2 unspecified atom stereocenters. The molecule has 0 aliphatic carbocycles. The number of hydrogen-bond acceptors (Lipinski definition) is 7. The van der Waals surface area contributed by atoms with Crippen LogP contribution in [-0.2, 0) is 21.7 Å². The fraction of sp³-hybridized carbons (Fsp3) is 0.280. The maximum Gasteiger partial charge on any atom is 0.323 e. The number of pyridine rings is 1. The van der Waals surface area contributed by atoms with Crippen molar-refractivity contribution in [3.05, 3.63) is 58.9 Å². The Balaban J connectivity index is 1.41. The van der Waals surface area contributed by atoms with Gasteiger partial charge in [0.25, 0.3) is 17.7 Å². The first-order valence-electron chi connectivity index (χ1n) is 11.4. The van der Waals surface area contributed by atoms with Crippen LogP contribution in [0.5, 0.6) is 5.75 Å². The van der Waals surface area contributed by atoms with Gasteiger partial charge in [-0.05, 0) is 36.2 Å². The molecule has 188 valence electrons. The Hall–Kier alpha value is -4.92. The molecule has 7 amide bonds. The number of rotatable bonds is 5. The Morgan fingerprint density at radius 1 is 1.03 bits per heavy atom. The Kier molecular flexibility index (Phi) is 5.55. The summed E-state index contributed by atoms with van der Waals surface area (Å²) < 4.78 is 5.20. The number of aromatic nitrogens is 1. The number of carbonyl (C=O) groups is 5. The third-order valence-electron chi connectivity index (χ3n) is 6.66. The number of fused-ring (bicyclic) bond motifs is 1. The summed E-state index contributed by atoms with van der Waals surface area (Å²) in [5.74, 6) is 4.71. The molecule has 37 heavy (non-hydrogen) atoms. The molecular formula is C25H22N6O6. The average molecular weight is 502 g/mol. The number of benzene rings is 1. The lowest BCUT2D eigenvalue weighted by Gasteiger charge is -2.26. The predicted molar refractivity (Wildman–Crippen MR) is 127 cm³/mol. The van der Waals surface area contributed by atoms with E-state index in [9.17, 15) is 24.0 Å². The summed E-state index contributed by atoms with van der Waals surface area (Å²) in [4.78, 5) is 67.7. The number of urea groups is 2. The fourth-order valence-corrected chi connectivity index (χ4v) is 4.61. The van der Waals surface area contributed by atoms with E-state index in [2.05, 4.69) is 38.1 Å². The maximum absolute atomic E-state index is 13.0. The second kappa shape index (κ2) is 8.63. The Morgan fingerprint density at radius 3 is 2.38 bits per heavy atom. The maximum atomic E-state index is 13.0. The lowest BCUT2D eigenvalue weighted by atomic mass is 9.91. The third-order valence-corrected chi connectivity index (χ3v) is 6.66. The summed E-state index contributed by atoms with van der Waals surface area (Å²) in [6.45, 7) is 1.82. The van der Waals surface area contributed by atoms with Crippen LogP contribution in [0.2, 0.25) is 0 Å². The second-order valence-electron chi connectivity index (χ2n) is 8.85. The highest BCUT2D eigenvalue weighted by Crippen LogP contribution is 2.29. The van der Waals surface area contributed by atoms with Gasteiger partial charge in [-0.1, -0.05) is 24.8 Å². The van der Waals surface area contributed by atoms with Crippen LogP contribution >= 0.6 is 0 Å². The summed E-state index contributed by atoms with van der Waals surface area (Å²) >= 11 is 0. The minimum Gasteiger partial charge on any atom is -0.497 e. The smallest absolute Gasteiger partial charge is 0.323 e. The van der Waals surface area contributed by atoms with Crippen molar-refractivity contribution in [2.45, 2.75) is 31.0 Å². The number of amides is 7. The molecule has 2 atom stereocenters. The van der Waals surface area contributed by atoms with Gasteiger partial charge in [0.1, 0.15) is 5.75 Å². The van der Waals surface area contributed by atoms with Crippen LogP contribution in [0, 0.1) is 11.8 Å². The first-order valence-corrected chi connectivity index (χ1v) is 11.4. The number of ether oxygens (including phenoxy) is 1. The second-order valence-corrected chi connectivity index (χ2v) is 8.85. The molecule has 2 aromatic rings. The number of carbonyl (C=O) groups excluding carboxylic acids is 5. The molecule has 4 N–H and O–H groups in total. The summed E-state index contributed by atoms with van der Waals surface area (Å²) in [5.41, 5.74) is -1.000. The van der Waals surface area contributed by atoms with E-state index in [0.29, 0.717) is 22.6 Å². The highest BCUT2D eigenvalue weighted by molar-refractivity contribution is 6.10. The quantitative estimate of drug-likeness (QED) is 0.334. The lowest BCUT2D eigenvalue weighted by Crippen LogP contribution is -2.54. The Bertz CT molecular complexity index is 1430. The van der Waals surface area contributed by atoms with E-state index in [4.69, 9.17) is 4.74 Å². The molecule has 0 spiro atoms. The highest BCUT2D eigenvalue weighted by atomic mass is 16.5. The van der Waals surface area contributed by atoms with Crippen molar-refractivity contribution in [2.24, 2.45) is 0 Å². The van der Waals surface area contributed by atoms with Gasteiger partial charge in [0, 0.05) is 23.9 Å². The number of nitrogens with zero attached hydrogens (tertiary/aromatic N) is 2. The van der Waals surface area contributed by atoms with E-state index >= 15 is 0 Å². The highest BCUT2D eigenvalue weighted by Gasteiger charge is 2.49. The van der Waals surface area contributed by atoms with E-state index in [0.717, 1.165) is 5.56 Å². The molecule has 0 radical (unpaired) electrons. The molecule has 1 aromatic heterocycles. The molecule has 12 heteroatoms. The third kappa shape index (κ3) is 3.90. The van der Waals surface area contributed by atoms with Gasteiger partial charge in [0.05, 0.1) is 19.3 Å². The molecule has 2 saturated heterocycles. The molecule has 12 nitrogen and oxygen atoms in total. The van der Waals surface area contributed by atoms with Crippen LogP contribution in [0.1, 0.15) is 40.5 Å². The summed E-state index contributed by atoms with van der Waals surface area (Å²) in [6, 6.07) is 7.00. The van der Waals surface area contributed by atoms with Crippen LogP contribution in [0.15, 0.2) is 36.5 Å². The predicted octanol–water partition coefficient (Wildman–Crippen LogP) is 0.121. The van der Waals surface area contributed by atoms with Crippen molar-refractivity contribution in [3.63, 3.8) is 0 Å². The van der Waals surface area contributed by atoms with Crippen LogP contribution in [0.25, 0.3) is 0 Å². The van der Waals surface area contributed by atoms with Crippen LogP contribution in [-0.4, -0.2) is 58.9 Å². The molecule has 5 rings (SSSR count). The molecule has 3 aliphatic heterocycles. The monoisotopic (exact) mass is 502 g/mol. The van der Waals surface area contributed by atoms with Crippen molar-refractivity contribution >= 4 is 29.8 Å². The van der Waals surface area contributed by atoms with Crippen molar-refractivity contribution in [2.75, 3.05) is 13.7 Å². The first kappa shape index (κ1) is 23.8. The largest absolute Gasteiger partial charge is 0.497 e. The van der Waals surface area contributed by atoms with Crippen molar-refractivity contribution in [1.82, 2.24) is 31.2 Å². The molecular weight excluding hydrogens is 480 g/mol. The summed E-state index contributed by atoms with van der Waals surface area (Å²) in [7, 11) is 1.50. The van der Waals surface area contributed by atoms with Crippen LogP contribution < -0.4 is 26.0 Å². The number of hydrogen-bond donors (Lipinski definition) is 4. The van der Waals surface area contributed by atoms with Crippen molar-refractivity contribution < 1.29 is 28.7 Å². The van der Waals surface area contributed by atoms with Gasteiger partial charge in [-0.2, -0.15) is 0 Å². The number of nitrogens with one attached hydrogen (secondary N) is 4. The van der Waals surface area contributed by atoms with Crippen LogP contribution in [0.3, 0.4) is 0 Å². The molecule has 0 bridgehead atoms. The molecule has 3 aliphatic rings. The molecule has 2 fully saturated rings. The normalized spacial score (nSPS) is 24.1. The number of methoxy groups -OCH3 is 1. The summed E-state index contributed by atoms with van der Waals surface area (Å²) in [5, 5.41) is 9.57. The van der Waals surface area contributed by atoms with Crippen molar-refractivity contribution in [1.29, 1.82) is 0 Å². The zero-order chi connectivity index (χ0) is 26.4. The van der Waals surface area contributed by atoms with E-state index in [-0.39, 0.29) is 25.4 Å². The fourth-order valence-electron chi connectivity index (χ4n) is 4.61. The SMILES string of the molecule is CCC1(c2ccc(C#CC3(CN4Cc5ccc(OC)cc5C4=O)NC(=O)NC3=O)cn2)NC(=O)NC1=O. The molecule has 1 aromatic carbocycles.